The smallest absolute Gasteiger partial charge is 0.255 e. The third-order valence-electron chi connectivity index (χ3n) is 3.00. The molecule has 0 aromatic heterocycles. The molecule has 7 nitrogen and oxygen atoms in total. The first-order chi connectivity index (χ1) is 7.66. The van der Waals surface area contributed by atoms with Crippen LogP contribution in [0.3, 0.4) is 0 Å². The minimum absolute atomic E-state index is 0.0807. The van der Waals surface area contributed by atoms with Crippen molar-refractivity contribution < 1.29 is 14.3 Å². The van der Waals surface area contributed by atoms with E-state index in [2.05, 4.69) is 0 Å². The Bertz CT molecular complexity index is 305. The van der Waals surface area contributed by atoms with E-state index in [1.54, 1.807) is 6.92 Å². The summed E-state index contributed by atoms with van der Waals surface area (Å²) in [4.78, 5) is 11.8. The Hall–Kier alpha value is -0.730. The van der Waals surface area contributed by atoms with Gasteiger partial charge in [0, 0.05) is 0 Å². The molecule has 3 unspecified atom stereocenters. The zero-order chi connectivity index (χ0) is 11.3. The lowest BCUT2D eigenvalue weighted by molar-refractivity contribution is -0.148. The molecule has 3 heterocycles. The highest BCUT2D eigenvalue weighted by Crippen LogP contribution is 2.25. The van der Waals surface area contributed by atoms with Crippen LogP contribution in [-0.4, -0.2) is 65.8 Å². The molecule has 3 aliphatic heterocycles. The number of rotatable bonds is 4. The van der Waals surface area contributed by atoms with E-state index in [9.17, 15) is 10.0 Å². The molecule has 7 heteroatoms. The van der Waals surface area contributed by atoms with E-state index < -0.39 is 6.04 Å². The van der Waals surface area contributed by atoms with E-state index in [4.69, 9.17) is 9.47 Å². The monoisotopic (exact) mass is 228 g/mol. The third-order valence-corrected chi connectivity index (χ3v) is 3.00. The quantitative estimate of drug-likeness (QED) is 0.571. The molecule has 3 fully saturated rings. The number of nitrogens with zero attached hydrogens (tertiary/aromatic N) is 3. The van der Waals surface area contributed by atoms with Crippen molar-refractivity contribution in [3.05, 3.63) is 5.21 Å². The summed E-state index contributed by atoms with van der Waals surface area (Å²) in [5.41, 5.74) is 0. The van der Waals surface area contributed by atoms with Crippen LogP contribution in [0, 0.1) is 5.21 Å². The van der Waals surface area contributed by atoms with Crippen LogP contribution in [0.1, 0.15) is 6.92 Å². The van der Waals surface area contributed by atoms with E-state index in [1.165, 1.54) is 10.1 Å². The fraction of sp³-hybridized carbons (Fsp3) is 0.889. The van der Waals surface area contributed by atoms with Gasteiger partial charge in [-0.05, 0) is 6.92 Å². The number of amides is 1. The molecule has 0 aliphatic carbocycles. The molecular weight excluding hydrogens is 214 g/mol. The first-order valence-corrected chi connectivity index (χ1v) is 5.45. The van der Waals surface area contributed by atoms with Crippen molar-refractivity contribution in [1.82, 2.24) is 15.3 Å². The van der Waals surface area contributed by atoms with Crippen LogP contribution in [0.4, 0.5) is 0 Å². The first kappa shape index (κ1) is 10.4. The predicted octanol–water partition coefficient (Wildman–Crippen LogP) is -1.05. The Morgan fingerprint density at radius 1 is 1.31 bits per heavy atom. The average Bonchev–Trinajstić information content (AvgIpc) is 3.12. The lowest BCUT2D eigenvalue weighted by atomic mass is 10.3. The van der Waals surface area contributed by atoms with Gasteiger partial charge in [-0.2, -0.15) is 5.12 Å². The molecule has 3 rings (SSSR count). The molecule has 0 spiro atoms. The number of hydroxylamine groups is 1. The van der Waals surface area contributed by atoms with Crippen molar-refractivity contribution in [3.63, 3.8) is 0 Å². The van der Waals surface area contributed by atoms with Gasteiger partial charge in [-0.25, -0.2) is 0 Å². The number of ether oxygens (including phenoxy) is 2. The van der Waals surface area contributed by atoms with Crippen LogP contribution in [0.15, 0.2) is 0 Å². The molecule has 1 amide bonds. The number of hydrogen-bond acceptors (Lipinski definition) is 6. The van der Waals surface area contributed by atoms with Gasteiger partial charge >= 0.3 is 0 Å². The second-order valence-corrected chi connectivity index (χ2v) is 4.36. The third kappa shape index (κ3) is 1.80. The molecule has 3 atom stereocenters. The molecule has 90 valence electrons. The summed E-state index contributed by atoms with van der Waals surface area (Å²) in [6.45, 7) is 3.87. The highest BCUT2D eigenvalue weighted by Gasteiger charge is 2.43. The summed E-state index contributed by atoms with van der Waals surface area (Å²) in [7, 11) is 0. The van der Waals surface area contributed by atoms with Crippen LogP contribution in [0.5, 0.6) is 0 Å². The highest BCUT2D eigenvalue weighted by atomic mass is 16.6. The molecule has 0 aromatic rings. The minimum atomic E-state index is -0.641. The maximum atomic E-state index is 11.8. The van der Waals surface area contributed by atoms with Gasteiger partial charge in [0.2, 0.25) is 0 Å². The summed E-state index contributed by atoms with van der Waals surface area (Å²) in [5.74, 6) is -0.161. The predicted molar refractivity (Wildman–Crippen MR) is 52.6 cm³/mol. The van der Waals surface area contributed by atoms with Crippen LogP contribution in [0.25, 0.3) is 0 Å². The SMILES string of the molecule is CC1C(=O)N(CC2CO2)N(CC2CO2)N1[O-]. The lowest BCUT2D eigenvalue weighted by Gasteiger charge is -2.37. The fourth-order valence-corrected chi connectivity index (χ4v) is 1.82. The Balaban J connectivity index is 1.71. The molecule has 3 aliphatic rings. The molecule has 0 N–H and O–H groups in total. The van der Waals surface area contributed by atoms with Gasteiger partial charge in [0.25, 0.3) is 5.91 Å². The van der Waals surface area contributed by atoms with Crippen molar-refractivity contribution in [2.24, 2.45) is 0 Å². The topological polar surface area (TPSA) is 74.9 Å². The van der Waals surface area contributed by atoms with Crippen LogP contribution in [0.2, 0.25) is 0 Å². The zero-order valence-corrected chi connectivity index (χ0v) is 9.04. The normalized spacial score (nSPS) is 39.5. The number of epoxide rings is 2. The second kappa shape index (κ2) is 3.64. The first-order valence-electron chi connectivity index (χ1n) is 5.45. The lowest BCUT2D eigenvalue weighted by Crippen LogP contribution is -2.47. The number of carbonyl (C=O) groups excluding carboxylic acids is 1. The largest absolute Gasteiger partial charge is 0.770 e. The van der Waals surface area contributed by atoms with Crippen molar-refractivity contribution in [1.29, 1.82) is 0 Å². The fourth-order valence-electron chi connectivity index (χ4n) is 1.82. The summed E-state index contributed by atoms with van der Waals surface area (Å²) >= 11 is 0. The van der Waals surface area contributed by atoms with E-state index in [-0.39, 0.29) is 18.1 Å². The van der Waals surface area contributed by atoms with Gasteiger partial charge in [0.05, 0.1) is 38.4 Å². The Kier molecular flexibility index (Phi) is 2.37. The van der Waals surface area contributed by atoms with Crippen LogP contribution < -0.4 is 0 Å². The van der Waals surface area contributed by atoms with Gasteiger partial charge in [-0.3, -0.25) is 15.0 Å². The molecule has 0 saturated carbocycles. The van der Waals surface area contributed by atoms with Crippen molar-refractivity contribution in [2.45, 2.75) is 25.2 Å². The summed E-state index contributed by atoms with van der Waals surface area (Å²) in [5, 5.41) is 15.4. The highest BCUT2D eigenvalue weighted by molar-refractivity contribution is 5.82. The van der Waals surface area contributed by atoms with Gasteiger partial charge in [0.15, 0.2) is 0 Å². The zero-order valence-electron chi connectivity index (χ0n) is 9.04. The molecule has 16 heavy (non-hydrogen) atoms. The Morgan fingerprint density at radius 3 is 2.44 bits per heavy atom. The molecule has 0 bridgehead atoms. The number of hydrogen-bond donors (Lipinski definition) is 0. The average molecular weight is 228 g/mol. The van der Waals surface area contributed by atoms with E-state index in [0.29, 0.717) is 26.3 Å². The van der Waals surface area contributed by atoms with E-state index in [1.807, 2.05) is 0 Å². The molecule has 0 radical (unpaired) electrons. The summed E-state index contributed by atoms with van der Waals surface area (Å²) in [6.07, 6.45) is 0.169. The Morgan fingerprint density at radius 2 is 1.88 bits per heavy atom. The number of carbonyl (C=O) groups is 1. The Labute approximate surface area is 93.0 Å². The summed E-state index contributed by atoms with van der Waals surface area (Å²) < 4.78 is 10.2. The van der Waals surface area contributed by atoms with Crippen LogP contribution >= 0.6 is 0 Å². The van der Waals surface area contributed by atoms with E-state index >= 15 is 0 Å². The van der Waals surface area contributed by atoms with Crippen LogP contribution in [-0.2, 0) is 14.3 Å². The minimum Gasteiger partial charge on any atom is -0.770 e. The maximum absolute atomic E-state index is 11.8. The van der Waals surface area contributed by atoms with Crippen molar-refractivity contribution >= 4 is 5.91 Å². The molecule has 3 saturated heterocycles. The van der Waals surface area contributed by atoms with Gasteiger partial charge in [0.1, 0.15) is 6.10 Å². The number of hydrazine groups is 2. The van der Waals surface area contributed by atoms with Crippen molar-refractivity contribution in [2.75, 3.05) is 26.3 Å². The molecule has 0 aromatic carbocycles. The summed E-state index contributed by atoms with van der Waals surface area (Å²) in [6, 6.07) is -0.641. The van der Waals surface area contributed by atoms with Gasteiger partial charge < -0.3 is 14.7 Å². The molecular formula is C9H14N3O4-. The standard InChI is InChI=1S/C9H14N3O4/c1-6-9(13)10(2-7-4-15-7)11(12(6)14)3-8-5-16-8/h6-8H,2-5H2,1H3/q-1. The van der Waals surface area contributed by atoms with Gasteiger partial charge in [-0.15, -0.1) is 0 Å². The second-order valence-electron chi connectivity index (χ2n) is 4.36. The van der Waals surface area contributed by atoms with Gasteiger partial charge in [-0.1, -0.05) is 0 Å². The maximum Gasteiger partial charge on any atom is 0.255 e. The van der Waals surface area contributed by atoms with Crippen molar-refractivity contribution in [3.8, 4) is 0 Å². The van der Waals surface area contributed by atoms with E-state index in [0.717, 1.165) is 5.17 Å².